The molecule has 3 rings (SSSR count). The van der Waals surface area contributed by atoms with Crippen molar-refractivity contribution in [1.29, 1.82) is 0 Å². The van der Waals surface area contributed by atoms with Crippen molar-refractivity contribution in [3.8, 4) is 5.75 Å². The molecule has 0 saturated carbocycles. The number of hydrogen-bond donors (Lipinski definition) is 2. The van der Waals surface area contributed by atoms with Gasteiger partial charge in [0.15, 0.2) is 0 Å². The van der Waals surface area contributed by atoms with Gasteiger partial charge in [-0.25, -0.2) is 0 Å². The minimum Gasteiger partial charge on any atom is -0.508 e. The molecule has 0 bridgehead atoms. The fourth-order valence-corrected chi connectivity index (χ4v) is 4.21. The minimum atomic E-state index is 0.0240. The molecule has 2 N–H and O–H groups in total. The molecule has 34 heavy (non-hydrogen) atoms. The van der Waals surface area contributed by atoms with Gasteiger partial charge in [-0.1, -0.05) is 68.1 Å². The van der Waals surface area contributed by atoms with Crippen LogP contribution in [0.25, 0.3) is 4.91 Å². The molecule has 2 amide bonds. The average molecular weight is 483 g/mol. The van der Waals surface area contributed by atoms with Crippen molar-refractivity contribution in [2.45, 2.75) is 60.0 Å². The van der Waals surface area contributed by atoms with E-state index in [1.165, 1.54) is 22.1 Å². The number of amides is 2. The van der Waals surface area contributed by atoms with Crippen molar-refractivity contribution in [2.24, 2.45) is 0 Å². The number of phenolic OH excluding ortho intramolecular Hbond substituents is 1. The third kappa shape index (κ3) is 9.10. The zero-order valence-corrected chi connectivity index (χ0v) is 21.8. The molecular weight excluding hydrogens is 444 g/mol. The molecule has 5 nitrogen and oxygen atoms in total. The number of carbonyl (C=O) groups excluding carboxylic acids is 2. The van der Waals surface area contributed by atoms with Crippen molar-refractivity contribution in [1.82, 2.24) is 10.2 Å². The van der Waals surface area contributed by atoms with E-state index in [0.717, 1.165) is 24.9 Å². The summed E-state index contributed by atoms with van der Waals surface area (Å²) in [4.78, 5) is 25.3. The second kappa shape index (κ2) is 15.8. The number of rotatable bonds is 7. The summed E-state index contributed by atoms with van der Waals surface area (Å²) in [6.45, 7) is 15.4. The number of phenols is 1. The van der Waals surface area contributed by atoms with Gasteiger partial charge in [-0.2, -0.15) is 0 Å². The van der Waals surface area contributed by atoms with E-state index in [0.29, 0.717) is 24.6 Å². The van der Waals surface area contributed by atoms with Gasteiger partial charge in [0, 0.05) is 29.6 Å². The van der Waals surface area contributed by atoms with Gasteiger partial charge in [-0.15, -0.1) is 0 Å². The van der Waals surface area contributed by atoms with Crippen LogP contribution in [0.1, 0.15) is 68.9 Å². The Morgan fingerprint density at radius 1 is 1.18 bits per heavy atom. The van der Waals surface area contributed by atoms with Crippen LogP contribution in [0.4, 0.5) is 0 Å². The smallest absolute Gasteiger partial charge is 0.254 e. The molecular formula is C28H38N2O3S. The van der Waals surface area contributed by atoms with Crippen LogP contribution in [0.5, 0.6) is 5.75 Å². The molecule has 0 aromatic heterocycles. The van der Waals surface area contributed by atoms with E-state index in [9.17, 15) is 14.7 Å². The highest BCUT2D eigenvalue weighted by atomic mass is 32.2. The summed E-state index contributed by atoms with van der Waals surface area (Å²) in [6, 6.07) is 15.0. The third-order valence-electron chi connectivity index (χ3n) is 5.17. The third-order valence-corrected chi connectivity index (χ3v) is 6.21. The quantitative estimate of drug-likeness (QED) is 0.436. The van der Waals surface area contributed by atoms with Gasteiger partial charge in [0.1, 0.15) is 5.75 Å². The first-order chi connectivity index (χ1) is 16.4. The Bertz CT molecular complexity index is 950. The number of nitrogens with zero attached hydrogens (tertiary/aromatic N) is 1. The lowest BCUT2D eigenvalue weighted by Crippen LogP contribution is -2.33. The normalized spacial score (nSPS) is 14.0. The summed E-state index contributed by atoms with van der Waals surface area (Å²) >= 11 is 1.63. The summed E-state index contributed by atoms with van der Waals surface area (Å²) in [5, 5.41) is 13.8. The molecule has 0 spiro atoms. The number of hydrogen-bond acceptors (Lipinski definition) is 4. The molecule has 1 aliphatic rings. The first-order valence-corrected chi connectivity index (χ1v) is 12.6. The Hall–Kier alpha value is -2.99. The number of aromatic hydroxyl groups is 1. The fourth-order valence-electron chi connectivity index (χ4n) is 3.53. The van der Waals surface area contributed by atoms with Crippen LogP contribution in [-0.2, 0) is 11.3 Å². The zero-order chi connectivity index (χ0) is 25.5. The predicted molar refractivity (Wildman–Crippen MR) is 145 cm³/mol. The lowest BCUT2D eigenvalue weighted by atomic mass is 10.1. The fraction of sp³-hybridized carbons (Fsp3) is 0.357. The summed E-state index contributed by atoms with van der Waals surface area (Å²) in [5.74, 6) is 0.170. The maximum Gasteiger partial charge on any atom is 0.254 e. The standard InChI is InChI=1S/C14H17NOS.C12H15NO2.C2H6/c1-4-17-14(11(2)3)13-7-5-12(6-8-13)9-15-10-16;1-9-4-3-7-13(9)12(15)10-5-2-6-11(14)8-10;1-2/h4-8,10H,1,9H2,2-3H3,(H,15,16);2,5-6,8-9,14H,3-4,7H2,1H3;1-2H3. The van der Waals surface area contributed by atoms with Crippen LogP contribution in [0.15, 0.2) is 66.1 Å². The average Bonchev–Trinajstić information content (AvgIpc) is 3.28. The Balaban J connectivity index is 0.000000318. The second-order valence-electron chi connectivity index (χ2n) is 7.85. The van der Waals surface area contributed by atoms with Gasteiger partial charge in [-0.3, -0.25) is 9.59 Å². The number of nitrogens with one attached hydrogen (secondary N) is 1. The Labute approximate surface area is 209 Å². The maximum absolute atomic E-state index is 12.0. The number of likely N-dealkylation sites (tertiary alicyclic amines) is 1. The highest BCUT2D eigenvalue weighted by Gasteiger charge is 2.25. The molecule has 0 aliphatic carbocycles. The first kappa shape index (κ1) is 29.0. The topological polar surface area (TPSA) is 69.6 Å². The van der Waals surface area contributed by atoms with Crippen LogP contribution in [0, 0.1) is 0 Å². The lowest BCUT2D eigenvalue weighted by molar-refractivity contribution is -0.109. The molecule has 1 fully saturated rings. The van der Waals surface area contributed by atoms with Crippen LogP contribution in [-0.4, -0.2) is 34.9 Å². The molecule has 1 atom stereocenters. The molecule has 1 heterocycles. The highest BCUT2D eigenvalue weighted by molar-refractivity contribution is 8.10. The summed E-state index contributed by atoms with van der Waals surface area (Å²) < 4.78 is 0. The van der Waals surface area contributed by atoms with Crippen molar-refractivity contribution < 1.29 is 14.7 Å². The monoisotopic (exact) mass is 482 g/mol. The van der Waals surface area contributed by atoms with Crippen LogP contribution >= 0.6 is 11.8 Å². The summed E-state index contributed by atoms with van der Waals surface area (Å²) in [7, 11) is 0. The molecule has 184 valence electrons. The Kier molecular flexibility index (Phi) is 13.5. The molecule has 1 aliphatic heterocycles. The molecule has 0 radical (unpaired) electrons. The predicted octanol–water partition coefficient (Wildman–Crippen LogP) is 6.60. The number of benzene rings is 2. The lowest BCUT2D eigenvalue weighted by Gasteiger charge is -2.21. The molecule has 2 aromatic rings. The van der Waals surface area contributed by atoms with Gasteiger partial charge in [0.05, 0.1) is 0 Å². The van der Waals surface area contributed by atoms with Gasteiger partial charge in [0.25, 0.3) is 5.91 Å². The summed E-state index contributed by atoms with van der Waals surface area (Å²) in [5.41, 5.74) is 4.12. The minimum absolute atomic E-state index is 0.0240. The van der Waals surface area contributed by atoms with E-state index in [1.807, 2.05) is 36.3 Å². The van der Waals surface area contributed by atoms with E-state index >= 15 is 0 Å². The van der Waals surface area contributed by atoms with Gasteiger partial charge >= 0.3 is 0 Å². The first-order valence-electron chi connectivity index (χ1n) is 11.7. The second-order valence-corrected chi connectivity index (χ2v) is 8.83. The van der Waals surface area contributed by atoms with Crippen molar-refractivity contribution >= 4 is 29.0 Å². The summed E-state index contributed by atoms with van der Waals surface area (Å²) in [6.07, 6.45) is 2.86. The van der Waals surface area contributed by atoms with E-state index in [-0.39, 0.29) is 11.7 Å². The van der Waals surface area contributed by atoms with Crippen LogP contribution < -0.4 is 5.32 Å². The van der Waals surface area contributed by atoms with Crippen molar-refractivity contribution in [3.05, 3.63) is 82.8 Å². The Morgan fingerprint density at radius 3 is 2.35 bits per heavy atom. The molecule has 1 saturated heterocycles. The molecule has 6 heteroatoms. The van der Waals surface area contributed by atoms with Crippen LogP contribution in [0.3, 0.4) is 0 Å². The SMILES string of the molecule is C=CSC(=C(C)C)c1ccc(CNC=O)cc1.CC.CC1CCCN1C(=O)c1cccc(O)c1. The van der Waals surface area contributed by atoms with Crippen LogP contribution in [0.2, 0.25) is 0 Å². The molecule has 1 unspecified atom stereocenters. The van der Waals surface area contributed by atoms with Gasteiger partial charge < -0.3 is 15.3 Å². The van der Waals surface area contributed by atoms with Crippen molar-refractivity contribution in [2.75, 3.05) is 6.54 Å². The van der Waals surface area contributed by atoms with E-state index in [4.69, 9.17) is 0 Å². The number of carbonyl (C=O) groups is 2. The van der Waals surface area contributed by atoms with Crippen molar-refractivity contribution in [3.63, 3.8) is 0 Å². The van der Waals surface area contributed by atoms with E-state index < -0.39 is 0 Å². The highest BCUT2D eigenvalue weighted by Crippen LogP contribution is 2.31. The maximum atomic E-state index is 12.0. The van der Waals surface area contributed by atoms with Gasteiger partial charge in [0.2, 0.25) is 6.41 Å². The number of allylic oxidation sites excluding steroid dienone is 1. The largest absolute Gasteiger partial charge is 0.508 e. The van der Waals surface area contributed by atoms with E-state index in [2.05, 4.69) is 44.8 Å². The number of thioether (sulfide) groups is 1. The Morgan fingerprint density at radius 2 is 1.85 bits per heavy atom. The zero-order valence-electron chi connectivity index (χ0n) is 21.0. The van der Waals surface area contributed by atoms with Gasteiger partial charge in [-0.05, 0) is 68.3 Å². The van der Waals surface area contributed by atoms with E-state index in [1.54, 1.807) is 30.0 Å². The molecule has 2 aromatic carbocycles.